The number of carbonyl (C=O) groups is 2. The fourth-order valence-corrected chi connectivity index (χ4v) is 9.69. The molecule has 10 aliphatic rings. The van der Waals surface area contributed by atoms with Gasteiger partial charge in [-0.3, -0.25) is 29.2 Å². The second kappa shape index (κ2) is 25.0. The number of nitrogens with one attached hydrogen (secondary N) is 4. The van der Waals surface area contributed by atoms with Gasteiger partial charge >= 0.3 is 0 Å². The van der Waals surface area contributed by atoms with E-state index in [1.165, 1.54) is 11.1 Å². The molecule has 2 saturated heterocycles. The number of nitrogens with zero attached hydrogens (tertiary/aromatic N) is 10. The van der Waals surface area contributed by atoms with Crippen molar-refractivity contribution in [2.75, 3.05) is 99.9 Å². The molecule has 2 atom stereocenters. The molecule has 2 fully saturated rings. The number of piperazine rings is 2. The van der Waals surface area contributed by atoms with Gasteiger partial charge in [0.25, 0.3) is 0 Å². The maximum absolute atomic E-state index is 12.8. The molecule has 0 amide bonds. The fraction of sp³-hybridized carbons (Fsp3) is 0.407. The predicted molar refractivity (Wildman–Crippen MR) is 280 cm³/mol. The molecule has 18 nitrogen and oxygen atoms in total. The van der Waals surface area contributed by atoms with E-state index in [0.717, 1.165) is 136 Å². The third-order valence-corrected chi connectivity index (χ3v) is 13.8. The molecule has 16 bridgehead atoms. The van der Waals surface area contributed by atoms with Gasteiger partial charge in [0.1, 0.15) is 11.6 Å². The van der Waals surface area contributed by atoms with Crippen molar-refractivity contribution in [2.45, 2.75) is 63.7 Å². The van der Waals surface area contributed by atoms with E-state index < -0.39 is 12.1 Å². The van der Waals surface area contributed by atoms with Gasteiger partial charge < -0.3 is 31.5 Å². The topological polar surface area (TPSA) is 213 Å². The molecule has 0 radical (unpaired) electrons. The maximum atomic E-state index is 12.8. The summed E-state index contributed by atoms with van der Waals surface area (Å²) in [6.07, 6.45) is 14.9. The molecule has 6 aromatic rings. The number of carbonyl (C=O) groups excluding carboxylic acids is 2. The number of aromatic nitrogens is 6. The third kappa shape index (κ3) is 13.8. The molecule has 2 aromatic carbocycles. The SMILES string of the molecule is O=C1CCCCNc2ncc(cn2)-c2ccnc(c2)Nc2cccc(c2)CN2CCN(CC2)C1CO.O=C1CCCCNc2ncc(cn2)-c2ccnc(c2)Nc2cccc(c2)CN2CCN(CC2)C1CO. The highest BCUT2D eigenvalue weighted by Gasteiger charge is 2.29. The Balaban J connectivity index is 0.000000178. The monoisotopic (exact) mass is 975 g/mol. The lowest BCUT2D eigenvalue weighted by molar-refractivity contribution is -0.127. The Kier molecular flexibility index (Phi) is 17.4. The van der Waals surface area contributed by atoms with Crippen LogP contribution in [0.1, 0.15) is 49.7 Å². The maximum Gasteiger partial charge on any atom is 0.222 e. The summed E-state index contributed by atoms with van der Waals surface area (Å²) in [4.78, 5) is 61.5. The quantitative estimate of drug-likeness (QED) is 0.120. The number of aliphatic hydroxyl groups is 2. The number of anilines is 6. The van der Waals surface area contributed by atoms with Crippen LogP contribution in [-0.2, 0) is 22.7 Å². The summed E-state index contributed by atoms with van der Waals surface area (Å²) in [5.41, 5.74) is 8.21. The van der Waals surface area contributed by atoms with Crippen LogP contribution in [0.5, 0.6) is 0 Å². The smallest absolute Gasteiger partial charge is 0.222 e. The summed E-state index contributed by atoms with van der Waals surface area (Å²) in [7, 11) is 0. The van der Waals surface area contributed by atoms with Crippen molar-refractivity contribution in [3.05, 3.63) is 121 Å². The van der Waals surface area contributed by atoms with Gasteiger partial charge in [-0.1, -0.05) is 24.3 Å². The van der Waals surface area contributed by atoms with Crippen LogP contribution in [0.2, 0.25) is 0 Å². The van der Waals surface area contributed by atoms with E-state index in [1.54, 1.807) is 37.2 Å². The summed E-state index contributed by atoms with van der Waals surface area (Å²) < 4.78 is 0. The van der Waals surface area contributed by atoms with Crippen LogP contribution in [-0.4, -0.2) is 162 Å². The summed E-state index contributed by atoms with van der Waals surface area (Å²) in [5, 5.41) is 33.2. The molecule has 2 unspecified atom stereocenters. The van der Waals surface area contributed by atoms with Crippen molar-refractivity contribution in [3.8, 4) is 22.3 Å². The third-order valence-electron chi connectivity index (χ3n) is 13.8. The largest absolute Gasteiger partial charge is 0.394 e. The van der Waals surface area contributed by atoms with Crippen LogP contribution in [0.4, 0.5) is 34.9 Å². The molecular weight excluding hydrogens is 909 g/mol. The Bertz CT molecular complexity index is 2510. The number of benzene rings is 2. The average molecular weight is 975 g/mol. The Morgan fingerprint density at radius 1 is 0.486 bits per heavy atom. The van der Waals surface area contributed by atoms with E-state index in [4.69, 9.17) is 0 Å². The number of Topliss-reactive ketones (excluding diaryl/α,β-unsaturated/α-hetero) is 2. The number of rotatable bonds is 2. The molecule has 16 rings (SSSR count). The zero-order valence-electron chi connectivity index (χ0n) is 40.9. The van der Waals surface area contributed by atoms with E-state index in [-0.39, 0.29) is 24.8 Å². The second-order valence-electron chi connectivity index (χ2n) is 18.8. The molecule has 4 aromatic heterocycles. The van der Waals surface area contributed by atoms with Crippen molar-refractivity contribution in [2.24, 2.45) is 0 Å². The van der Waals surface area contributed by atoms with Crippen molar-refractivity contribution in [3.63, 3.8) is 0 Å². The first-order valence-electron chi connectivity index (χ1n) is 25.3. The van der Waals surface area contributed by atoms with Gasteiger partial charge in [0.2, 0.25) is 11.9 Å². The van der Waals surface area contributed by atoms with Crippen LogP contribution in [0.3, 0.4) is 0 Å². The van der Waals surface area contributed by atoms with E-state index in [1.807, 2.05) is 36.4 Å². The van der Waals surface area contributed by atoms with Gasteiger partial charge in [-0.2, -0.15) is 0 Å². The Labute approximate surface area is 421 Å². The lowest BCUT2D eigenvalue weighted by Gasteiger charge is -2.38. The average Bonchev–Trinajstić information content (AvgIpc) is 3.40. The first kappa shape index (κ1) is 50.2. The summed E-state index contributed by atoms with van der Waals surface area (Å²) in [6, 6.07) is 23.8. The van der Waals surface area contributed by atoms with Crippen LogP contribution < -0.4 is 21.3 Å². The van der Waals surface area contributed by atoms with Crippen molar-refractivity contribution < 1.29 is 19.8 Å². The number of hydrogen-bond acceptors (Lipinski definition) is 18. The zero-order chi connectivity index (χ0) is 49.5. The molecule has 0 saturated carbocycles. The number of aliphatic hydroxyl groups excluding tert-OH is 2. The first-order chi connectivity index (χ1) is 35.3. The van der Waals surface area contributed by atoms with Gasteiger partial charge in [0.05, 0.1) is 25.3 Å². The van der Waals surface area contributed by atoms with Crippen molar-refractivity contribution in [1.29, 1.82) is 0 Å². The van der Waals surface area contributed by atoms with Gasteiger partial charge in [-0.05, 0) is 96.5 Å². The number of pyridine rings is 2. The van der Waals surface area contributed by atoms with E-state index in [9.17, 15) is 19.8 Å². The molecule has 18 heteroatoms. The van der Waals surface area contributed by atoms with Crippen LogP contribution >= 0.6 is 0 Å². The van der Waals surface area contributed by atoms with Gasteiger partial charge in [0.15, 0.2) is 11.6 Å². The molecule has 376 valence electrons. The minimum atomic E-state index is -0.410. The highest BCUT2D eigenvalue weighted by atomic mass is 16.3. The molecule has 0 spiro atoms. The summed E-state index contributed by atoms with van der Waals surface area (Å²) in [5.74, 6) is 2.91. The van der Waals surface area contributed by atoms with E-state index in [2.05, 4.69) is 107 Å². The van der Waals surface area contributed by atoms with Crippen molar-refractivity contribution in [1.82, 2.24) is 49.5 Å². The normalized spacial score (nSPS) is 23.0. The van der Waals surface area contributed by atoms with Crippen LogP contribution in [0.15, 0.2) is 110 Å². The lowest BCUT2D eigenvalue weighted by atomic mass is 10.0. The lowest BCUT2D eigenvalue weighted by Crippen LogP contribution is -2.53. The first-order valence-corrected chi connectivity index (χ1v) is 25.3. The molecule has 10 aliphatic heterocycles. The van der Waals surface area contributed by atoms with Crippen molar-refractivity contribution >= 4 is 46.5 Å². The Morgan fingerprint density at radius 3 is 1.31 bits per heavy atom. The zero-order valence-corrected chi connectivity index (χ0v) is 40.9. The minimum absolute atomic E-state index is 0.124. The van der Waals surface area contributed by atoms with Crippen LogP contribution in [0, 0.1) is 0 Å². The van der Waals surface area contributed by atoms with Gasteiger partial charge in [-0.15, -0.1) is 0 Å². The van der Waals surface area contributed by atoms with E-state index >= 15 is 0 Å². The minimum Gasteiger partial charge on any atom is -0.394 e. The highest BCUT2D eigenvalue weighted by Crippen LogP contribution is 2.26. The van der Waals surface area contributed by atoms with Crippen LogP contribution in [0.25, 0.3) is 22.3 Å². The number of ketones is 2. The molecule has 6 N–H and O–H groups in total. The molecular formula is C54H66N14O4. The highest BCUT2D eigenvalue weighted by molar-refractivity contribution is 5.84. The van der Waals surface area contributed by atoms with E-state index in [0.29, 0.717) is 37.8 Å². The fourth-order valence-electron chi connectivity index (χ4n) is 9.69. The Hall–Kier alpha value is -6.80. The van der Waals surface area contributed by atoms with Gasteiger partial charge in [-0.25, -0.2) is 29.9 Å². The molecule has 14 heterocycles. The second-order valence-corrected chi connectivity index (χ2v) is 18.8. The predicted octanol–water partition coefficient (Wildman–Crippen LogP) is 5.85. The Morgan fingerprint density at radius 2 is 0.903 bits per heavy atom. The number of hydrogen-bond donors (Lipinski definition) is 6. The molecule has 0 aliphatic carbocycles. The molecule has 72 heavy (non-hydrogen) atoms. The standard InChI is InChI=1S/2C27H33N7O2/c2*35-19-24-25(36)6-1-2-8-29-27-30-16-22(17-31-27)21-7-9-28-26(15-21)32-23-5-3-4-20(14-23)18-33-10-12-34(24)13-11-33/h2*3-5,7,9,14-17,24,35H,1-2,6,8,10-13,18-19H2,(H,28,32)(H,29,30,31). The summed E-state index contributed by atoms with van der Waals surface area (Å²) in [6.45, 7) is 9.39. The summed E-state index contributed by atoms with van der Waals surface area (Å²) >= 11 is 0. The van der Waals surface area contributed by atoms with Gasteiger partial charge in [0, 0.05) is 151 Å².